The molecule has 8 heteroatoms. The Morgan fingerprint density at radius 1 is 1.25 bits per heavy atom. The number of amides is 1. The molecule has 24 heavy (non-hydrogen) atoms. The van der Waals surface area contributed by atoms with Crippen molar-refractivity contribution in [3.63, 3.8) is 0 Å². The molecule has 0 fully saturated rings. The summed E-state index contributed by atoms with van der Waals surface area (Å²) >= 11 is 0. The van der Waals surface area contributed by atoms with E-state index in [2.05, 4.69) is 10.3 Å². The SMILES string of the molecule is O=C(Cc1ccccc1[N+](=O)[O-])NCc1cn2cc(F)ccc2n1. The van der Waals surface area contributed by atoms with Crippen molar-refractivity contribution in [3.8, 4) is 0 Å². The Hall–Kier alpha value is -3.29. The van der Waals surface area contributed by atoms with Gasteiger partial charge in [-0.3, -0.25) is 14.9 Å². The fraction of sp³-hybridized carbons (Fsp3) is 0.125. The molecule has 0 radical (unpaired) electrons. The average molecular weight is 328 g/mol. The number of carbonyl (C=O) groups is 1. The van der Waals surface area contributed by atoms with E-state index in [4.69, 9.17) is 0 Å². The molecule has 2 aromatic heterocycles. The zero-order valence-electron chi connectivity index (χ0n) is 12.5. The van der Waals surface area contributed by atoms with Gasteiger partial charge in [0.2, 0.25) is 5.91 Å². The highest BCUT2D eigenvalue weighted by atomic mass is 19.1. The molecule has 0 atom stereocenters. The number of fused-ring (bicyclic) bond motifs is 1. The van der Waals surface area contributed by atoms with Gasteiger partial charge in [-0.05, 0) is 12.1 Å². The van der Waals surface area contributed by atoms with Gasteiger partial charge in [0, 0.05) is 24.0 Å². The molecule has 2 heterocycles. The second kappa shape index (κ2) is 6.45. The maximum atomic E-state index is 13.1. The summed E-state index contributed by atoms with van der Waals surface area (Å²) in [7, 11) is 0. The predicted molar refractivity (Wildman–Crippen MR) is 83.8 cm³/mol. The van der Waals surface area contributed by atoms with Crippen LogP contribution in [0.5, 0.6) is 0 Å². The minimum atomic E-state index is -0.515. The average Bonchev–Trinajstić information content (AvgIpc) is 2.95. The molecule has 0 saturated carbocycles. The van der Waals surface area contributed by atoms with Crippen LogP contribution in [-0.2, 0) is 17.8 Å². The quantitative estimate of drug-likeness (QED) is 0.574. The first-order valence-corrected chi connectivity index (χ1v) is 7.15. The van der Waals surface area contributed by atoms with Crippen LogP contribution in [0.3, 0.4) is 0 Å². The lowest BCUT2D eigenvalue weighted by atomic mass is 10.1. The van der Waals surface area contributed by atoms with E-state index in [1.165, 1.54) is 28.8 Å². The van der Waals surface area contributed by atoms with E-state index in [0.717, 1.165) is 0 Å². The topological polar surface area (TPSA) is 89.5 Å². The van der Waals surface area contributed by atoms with Crippen molar-refractivity contribution >= 4 is 17.2 Å². The lowest BCUT2D eigenvalue weighted by Gasteiger charge is -2.04. The normalized spacial score (nSPS) is 10.7. The summed E-state index contributed by atoms with van der Waals surface area (Å²) in [6.07, 6.45) is 2.81. The molecule has 0 spiro atoms. The first-order chi connectivity index (χ1) is 11.5. The summed E-state index contributed by atoms with van der Waals surface area (Å²) in [5.41, 5.74) is 1.39. The van der Waals surface area contributed by atoms with E-state index in [1.807, 2.05) is 0 Å². The number of hydrogen-bond donors (Lipinski definition) is 1. The zero-order chi connectivity index (χ0) is 17.1. The van der Waals surface area contributed by atoms with E-state index in [-0.39, 0.29) is 30.4 Å². The predicted octanol–water partition coefficient (Wildman–Crippen LogP) is 2.24. The maximum absolute atomic E-state index is 13.1. The Kier molecular flexibility index (Phi) is 4.19. The number of nitrogens with one attached hydrogen (secondary N) is 1. The number of rotatable bonds is 5. The van der Waals surface area contributed by atoms with Crippen LogP contribution in [-0.4, -0.2) is 20.2 Å². The minimum Gasteiger partial charge on any atom is -0.350 e. The lowest BCUT2D eigenvalue weighted by molar-refractivity contribution is -0.385. The van der Waals surface area contributed by atoms with Gasteiger partial charge >= 0.3 is 0 Å². The van der Waals surface area contributed by atoms with Crippen LogP contribution in [0.2, 0.25) is 0 Å². The summed E-state index contributed by atoms with van der Waals surface area (Å²) in [6.45, 7) is 0.156. The molecule has 1 aromatic carbocycles. The molecule has 0 saturated heterocycles. The van der Waals surface area contributed by atoms with Crippen molar-refractivity contribution < 1.29 is 14.1 Å². The Bertz CT molecular complexity index is 923. The first kappa shape index (κ1) is 15.6. The van der Waals surface area contributed by atoms with Gasteiger partial charge in [0.05, 0.1) is 23.6 Å². The van der Waals surface area contributed by atoms with E-state index in [0.29, 0.717) is 16.9 Å². The van der Waals surface area contributed by atoms with Gasteiger partial charge in [-0.25, -0.2) is 9.37 Å². The standard InChI is InChI=1S/C16H13FN4O3/c17-12-5-6-15-19-13(10-20(15)9-12)8-18-16(22)7-11-3-1-2-4-14(11)21(23)24/h1-6,9-10H,7-8H2,(H,18,22). The van der Waals surface area contributed by atoms with Gasteiger partial charge in [-0.1, -0.05) is 18.2 Å². The molecule has 7 nitrogen and oxygen atoms in total. The summed E-state index contributed by atoms with van der Waals surface area (Å²) in [5.74, 6) is -0.737. The van der Waals surface area contributed by atoms with Crippen molar-refractivity contribution in [3.05, 3.63) is 76.0 Å². The molecule has 0 unspecified atom stereocenters. The molecule has 0 aliphatic carbocycles. The van der Waals surface area contributed by atoms with Crippen LogP contribution in [0.1, 0.15) is 11.3 Å². The van der Waals surface area contributed by atoms with E-state index < -0.39 is 4.92 Å². The number of aromatic nitrogens is 2. The Morgan fingerprint density at radius 3 is 2.83 bits per heavy atom. The maximum Gasteiger partial charge on any atom is 0.273 e. The molecular formula is C16H13FN4O3. The highest BCUT2D eigenvalue weighted by Gasteiger charge is 2.15. The molecule has 3 aromatic rings. The molecular weight excluding hydrogens is 315 g/mol. The highest BCUT2D eigenvalue weighted by Crippen LogP contribution is 2.18. The Morgan fingerprint density at radius 2 is 2.04 bits per heavy atom. The van der Waals surface area contributed by atoms with Crippen LogP contribution in [0.4, 0.5) is 10.1 Å². The van der Waals surface area contributed by atoms with Gasteiger partial charge < -0.3 is 9.72 Å². The number of benzene rings is 1. The second-order valence-electron chi connectivity index (χ2n) is 5.18. The summed E-state index contributed by atoms with van der Waals surface area (Å²) in [4.78, 5) is 26.7. The van der Waals surface area contributed by atoms with E-state index >= 15 is 0 Å². The summed E-state index contributed by atoms with van der Waals surface area (Å²) in [5, 5.41) is 13.6. The summed E-state index contributed by atoms with van der Waals surface area (Å²) < 4.78 is 14.7. The third kappa shape index (κ3) is 3.37. The zero-order valence-corrected chi connectivity index (χ0v) is 12.5. The highest BCUT2D eigenvalue weighted by molar-refractivity contribution is 5.79. The number of nitro benzene ring substituents is 1. The third-order valence-corrected chi connectivity index (χ3v) is 3.47. The van der Waals surface area contributed by atoms with Crippen molar-refractivity contribution in [1.82, 2.24) is 14.7 Å². The van der Waals surface area contributed by atoms with E-state index in [9.17, 15) is 19.3 Å². The monoisotopic (exact) mass is 328 g/mol. The first-order valence-electron chi connectivity index (χ1n) is 7.15. The minimum absolute atomic E-state index is 0.0872. The number of pyridine rings is 1. The van der Waals surface area contributed by atoms with Crippen LogP contribution in [0, 0.1) is 15.9 Å². The van der Waals surface area contributed by atoms with Crippen molar-refractivity contribution in [1.29, 1.82) is 0 Å². The second-order valence-corrected chi connectivity index (χ2v) is 5.18. The largest absolute Gasteiger partial charge is 0.350 e. The van der Waals surface area contributed by atoms with Gasteiger partial charge in [-0.15, -0.1) is 0 Å². The van der Waals surface area contributed by atoms with Crippen LogP contribution in [0.15, 0.2) is 48.8 Å². The van der Waals surface area contributed by atoms with Crippen molar-refractivity contribution in [2.45, 2.75) is 13.0 Å². The number of para-hydroxylation sites is 1. The fourth-order valence-electron chi connectivity index (χ4n) is 2.37. The number of imidazole rings is 1. The number of nitro groups is 1. The summed E-state index contributed by atoms with van der Waals surface area (Å²) in [6, 6.07) is 8.94. The van der Waals surface area contributed by atoms with Gasteiger partial charge in [-0.2, -0.15) is 0 Å². The Balaban J connectivity index is 1.66. The lowest BCUT2D eigenvalue weighted by Crippen LogP contribution is -2.25. The molecule has 1 N–H and O–H groups in total. The number of nitrogens with zero attached hydrogens (tertiary/aromatic N) is 3. The Labute approximate surface area is 135 Å². The number of hydrogen-bond acceptors (Lipinski definition) is 4. The van der Waals surface area contributed by atoms with Crippen LogP contribution >= 0.6 is 0 Å². The molecule has 122 valence electrons. The van der Waals surface area contributed by atoms with Crippen LogP contribution < -0.4 is 5.32 Å². The molecule has 3 rings (SSSR count). The number of carbonyl (C=O) groups excluding carboxylic acids is 1. The van der Waals surface area contributed by atoms with Gasteiger partial charge in [0.15, 0.2) is 0 Å². The molecule has 0 aliphatic rings. The van der Waals surface area contributed by atoms with Gasteiger partial charge in [0.25, 0.3) is 5.69 Å². The van der Waals surface area contributed by atoms with Crippen LogP contribution in [0.25, 0.3) is 5.65 Å². The third-order valence-electron chi connectivity index (χ3n) is 3.47. The smallest absolute Gasteiger partial charge is 0.273 e. The molecule has 1 amide bonds. The fourth-order valence-corrected chi connectivity index (χ4v) is 2.37. The van der Waals surface area contributed by atoms with Crippen molar-refractivity contribution in [2.75, 3.05) is 0 Å². The van der Waals surface area contributed by atoms with E-state index in [1.54, 1.807) is 24.4 Å². The number of halogens is 1. The molecule has 0 aliphatic heterocycles. The molecule has 0 bridgehead atoms. The van der Waals surface area contributed by atoms with Crippen molar-refractivity contribution in [2.24, 2.45) is 0 Å². The van der Waals surface area contributed by atoms with Gasteiger partial charge in [0.1, 0.15) is 11.5 Å².